The zero-order chi connectivity index (χ0) is 14.3. The molecule has 19 heavy (non-hydrogen) atoms. The van der Waals surface area contributed by atoms with E-state index in [1.165, 1.54) is 0 Å². The molecule has 0 bridgehead atoms. The summed E-state index contributed by atoms with van der Waals surface area (Å²) in [6.45, 7) is 3.30. The van der Waals surface area contributed by atoms with Crippen LogP contribution in [0.4, 0.5) is 0 Å². The Hall–Kier alpha value is -1.97. The molecule has 1 N–H and O–H groups in total. The molecule has 0 amide bonds. The molecule has 0 heterocycles. The molecule has 4 heteroatoms. The maximum Gasteiger partial charge on any atom is 0.324 e. The number of ketones is 2. The highest BCUT2D eigenvalue weighted by molar-refractivity contribution is 6.42. The van der Waals surface area contributed by atoms with Crippen LogP contribution in [0.15, 0.2) is 30.3 Å². The Morgan fingerprint density at radius 1 is 1.05 bits per heavy atom. The van der Waals surface area contributed by atoms with Crippen molar-refractivity contribution in [2.75, 3.05) is 0 Å². The average molecular weight is 260 g/mol. The zero-order valence-electron chi connectivity index (χ0n) is 11.0. The van der Waals surface area contributed by atoms with Crippen LogP contribution in [0.25, 0.3) is 0 Å². The van der Waals surface area contributed by atoms with Crippen molar-refractivity contribution in [3.63, 3.8) is 0 Å². The summed E-state index contributed by atoms with van der Waals surface area (Å²) in [6, 6.07) is 8.71. The fourth-order valence-electron chi connectivity index (χ4n) is 3.05. The second kappa shape index (κ2) is 4.30. The predicted molar refractivity (Wildman–Crippen MR) is 68.8 cm³/mol. The normalized spacial score (nSPS) is 30.0. The Bertz CT molecular complexity index is 529. The molecule has 1 aromatic rings. The van der Waals surface area contributed by atoms with E-state index in [0.29, 0.717) is 12.0 Å². The van der Waals surface area contributed by atoms with Crippen molar-refractivity contribution in [1.29, 1.82) is 0 Å². The number of aliphatic carboxylic acids is 1. The van der Waals surface area contributed by atoms with Gasteiger partial charge in [0.1, 0.15) is 5.41 Å². The number of carbonyl (C=O) groups is 3. The molecule has 1 aromatic carbocycles. The number of Topliss-reactive ketones (excluding diaryl/α,β-unsaturated/α-hetero) is 2. The van der Waals surface area contributed by atoms with Crippen LogP contribution in [0.1, 0.15) is 32.3 Å². The molecule has 0 spiro atoms. The van der Waals surface area contributed by atoms with E-state index in [2.05, 4.69) is 0 Å². The third kappa shape index (κ3) is 1.37. The lowest BCUT2D eigenvalue weighted by atomic mass is 9.46. The minimum atomic E-state index is -1.84. The molecule has 1 saturated carbocycles. The quantitative estimate of drug-likeness (QED) is 0.840. The lowest BCUT2D eigenvalue weighted by Gasteiger charge is -2.49. The van der Waals surface area contributed by atoms with Gasteiger partial charge >= 0.3 is 5.97 Å². The van der Waals surface area contributed by atoms with E-state index in [1.54, 1.807) is 44.2 Å². The number of hydrogen-bond acceptors (Lipinski definition) is 3. The van der Waals surface area contributed by atoms with Gasteiger partial charge in [0, 0.05) is 0 Å². The van der Waals surface area contributed by atoms with Gasteiger partial charge in [-0.15, -0.1) is 0 Å². The predicted octanol–water partition coefficient (Wildman–Crippen LogP) is 1.97. The maximum absolute atomic E-state index is 12.5. The van der Waals surface area contributed by atoms with Gasteiger partial charge in [-0.05, 0) is 18.4 Å². The van der Waals surface area contributed by atoms with Gasteiger partial charge in [-0.2, -0.15) is 0 Å². The highest BCUT2D eigenvalue weighted by Crippen LogP contribution is 2.52. The van der Waals surface area contributed by atoms with Gasteiger partial charge in [-0.3, -0.25) is 14.4 Å². The smallest absolute Gasteiger partial charge is 0.324 e. The van der Waals surface area contributed by atoms with Gasteiger partial charge in [0.15, 0.2) is 17.0 Å². The maximum atomic E-state index is 12.5. The number of rotatable bonds is 4. The van der Waals surface area contributed by atoms with Crippen molar-refractivity contribution in [3.8, 4) is 0 Å². The summed E-state index contributed by atoms with van der Waals surface area (Å²) in [7, 11) is 0. The van der Waals surface area contributed by atoms with E-state index >= 15 is 0 Å². The molecule has 0 atom stereocenters. The molecule has 0 aliphatic heterocycles. The van der Waals surface area contributed by atoms with E-state index < -0.39 is 28.4 Å². The molecule has 100 valence electrons. The second-order valence-electron chi connectivity index (χ2n) is 4.85. The first-order chi connectivity index (χ1) is 8.98. The van der Waals surface area contributed by atoms with Gasteiger partial charge in [0.2, 0.25) is 0 Å². The van der Waals surface area contributed by atoms with Crippen LogP contribution < -0.4 is 0 Å². The third-order valence-corrected chi connectivity index (χ3v) is 4.24. The van der Waals surface area contributed by atoms with Crippen molar-refractivity contribution < 1.29 is 19.5 Å². The third-order valence-electron chi connectivity index (χ3n) is 4.24. The minimum Gasteiger partial charge on any atom is -0.480 e. The SMILES string of the molecule is CCC1(C(=O)O)C(=O)C(CC)(c2ccccc2)C1=O. The average Bonchev–Trinajstić information content (AvgIpc) is 2.42. The molecule has 2 rings (SSSR count). The van der Waals surface area contributed by atoms with Crippen LogP contribution in [-0.4, -0.2) is 22.6 Å². The van der Waals surface area contributed by atoms with Crippen molar-refractivity contribution in [3.05, 3.63) is 35.9 Å². The lowest BCUT2D eigenvalue weighted by Crippen LogP contribution is -2.71. The Balaban J connectivity index is 2.57. The number of carboxylic acids is 1. The first-order valence-electron chi connectivity index (χ1n) is 6.37. The summed E-state index contributed by atoms with van der Waals surface area (Å²) in [5.41, 5.74) is -2.51. The Labute approximate surface area is 111 Å². The largest absolute Gasteiger partial charge is 0.480 e. The number of benzene rings is 1. The Kier molecular flexibility index (Phi) is 3.04. The van der Waals surface area contributed by atoms with Crippen LogP contribution in [0.5, 0.6) is 0 Å². The summed E-state index contributed by atoms with van der Waals surface area (Å²) in [5, 5.41) is 9.26. The monoisotopic (exact) mass is 260 g/mol. The Morgan fingerprint density at radius 3 is 1.95 bits per heavy atom. The van der Waals surface area contributed by atoms with Crippen molar-refractivity contribution >= 4 is 17.5 Å². The minimum absolute atomic E-state index is 0.00852. The lowest BCUT2D eigenvalue weighted by molar-refractivity contribution is -0.176. The van der Waals surface area contributed by atoms with Crippen LogP contribution in [0.2, 0.25) is 0 Å². The summed E-state index contributed by atoms with van der Waals surface area (Å²) in [5.74, 6) is -2.28. The van der Waals surface area contributed by atoms with E-state index in [-0.39, 0.29) is 6.42 Å². The fraction of sp³-hybridized carbons (Fsp3) is 0.400. The molecule has 0 radical (unpaired) electrons. The molecular weight excluding hydrogens is 244 g/mol. The molecule has 1 aliphatic carbocycles. The van der Waals surface area contributed by atoms with Gasteiger partial charge in [0.05, 0.1) is 0 Å². The summed E-state index contributed by atoms with van der Waals surface area (Å²) >= 11 is 0. The number of hydrogen-bond donors (Lipinski definition) is 1. The molecule has 0 unspecified atom stereocenters. The highest BCUT2D eigenvalue weighted by atomic mass is 16.4. The number of carbonyl (C=O) groups excluding carboxylic acids is 2. The van der Waals surface area contributed by atoms with Crippen LogP contribution >= 0.6 is 0 Å². The first kappa shape index (κ1) is 13.5. The zero-order valence-corrected chi connectivity index (χ0v) is 11.0. The number of carboxylic acid groups (broad SMARTS) is 1. The Morgan fingerprint density at radius 2 is 1.58 bits per heavy atom. The summed E-state index contributed by atoms with van der Waals surface area (Å²) in [6.07, 6.45) is 0.304. The van der Waals surface area contributed by atoms with Gasteiger partial charge < -0.3 is 5.11 Å². The van der Waals surface area contributed by atoms with Crippen molar-refractivity contribution in [2.45, 2.75) is 32.1 Å². The fourth-order valence-corrected chi connectivity index (χ4v) is 3.05. The van der Waals surface area contributed by atoms with E-state index in [1.807, 2.05) is 0 Å². The topological polar surface area (TPSA) is 71.4 Å². The van der Waals surface area contributed by atoms with Crippen LogP contribution in [0.3, 0.4) is 0 Å². The molecule has 1 fully saturated rings. The molecule has 1 aliphatic rings. The van der Waals surface area contributed by atoms with Gasteiger partial charge in [-0.1, -0.05) is 44.2 Å². The van der Waals surface area contributed by atoms with Gasteiger partial charge in [-0.25, -0.2) is 0 Å². The molecular formula is C15H16O4. The van der Waals surface area contributed by atoms with Crippen LogP contribution in [0, 0.1) is 5.41 Å². The molecule has 0 aromatic heterocycles. The van der Waals surface area contributed by atoms with Crippen LogP contribution in [-0.2, 0) is 19.8 Å². The first-order valence-corrected chi connectivity index (χ1v) is 6.37. The van der Waals surface area contributed by atoms with E-state index in [0.717, 1.165) is 0 Å². The molecule has 0 saturated heterocycles. The molecule has 4 nitrogen and oxygen atoms in total. The highest BCUT2D eigenvalue weighted by Gasteiger charge is 2.74. The summed E-state index contributed by atoms with van der Waals surface area (Å²) in [4.78, 5) is 36.4. The van der Waals surface area contributed by atoms with Crippen molar-refractivity contribution in [2.24, 2.45) is 5.41 Å². The van der Waals surface area contributed by atoms with Crippen molar-refractivity contribution in [1.82, 2.24) is 0 Å². The van der Waals surface area contributed by atoms with Gasteiger partial charge in [0.25, 0.3) is 0 Å². The second-order valence-corrected chi connectivity index (χ2v) is 4.85. The standard InChI is InChI=1S/C15H16O4/c1-3-14(10-8-6-5-7-9-10)11(16)15(4-2,12(14)17)13(18)19/h5-9H,3-4H2,1-2H3,(H,18,19). The summed E-state index contributed by atoms with van der Waals surface area (Å²) < 4.78 is 0. The van der Waals surface area contributed by atoms with E-state index in [4.69, 9.17) is 0 Å². The van der Waals surface area contributed by atoms with E-state index in [9.17, 15) is 19.5 Å².